The zero-order valence-electron chi connectivity index (χ0n) is 51.5. The Hall–Kier alpha value is -10.9. The van der Waals surface area contributed by atoms with Gasteiger partial charge in [-0.1, -0.05) is 242 Å². The van der Waals surface area contributed by atoms with Crippen LogP contribution in [0, 0.1) is 0 Å². The summed E-state index contributed by atoms with van der Waals surface area (Å²) in [5, 5.41) is 11.5. The molecule has 0 aliphatic heterocycles. The largest absolute Gasteiger partial charge is 0.456 e. The van der Waals surface area contributed by atoms with Crippen LogP contribution in [-0.4, -0.2) is 4.40 Å². The zero-order valence-corrected chi connectivity index (χ0v) is 51.5. The van der Waals surface area contributed by atoms with E-state index in [9.17, 15) is 0 Å². The Morgan fingerprint density at radius 3 is 1.38 bits per heavy atom. The molecule has 3 aromatic heterocycles. The summed E-state index contributed by atoms with van der Waals surface area (Å²) in [4.78, 5) is 2.55. The minimum atomic E-state index is -0.177. The SMILES string of the molecule is CC(C)(C)c1cc(-c2ccccc2)c(Nc2cc(-c3ccc4c(c3)c3cccc5c6ccccc6n4c53)cc(N(c3cccc(-c4ccc5oc6ccccc6c5c4)c3)c3c(-c4ccccc4)cc(C(C)(C)C)cc3-c3ccccc3)c2)c(-c2ccccc2)c1. The first-order valence-electron chi connectivity index (χ1n) is 31.4. The minimum Gasteiger partial charge on any atom is -0.456 e. The number of rotatable bonds is 11. The molecule has 0 aliphatic carbocycles. The molecule has 0 fully saturated rings. The molecule has 0 bridgehead atoms. The molecule has 1 N–H and O–H groups in total. The number of aromatic nitrogens is 1. The van der Waals surface area contributed by atoms with E-state index in [2.05, 4.69) is 341 Å². The summed E-state index contributed by atoms with van der Waals surface area (Å²) in [5.74, 6) is 0. The lowest BCUT2D eigenvalue weighted by Gasteiger charge is -2.33. The molecule has 16 rings (SSSR count). The Kier molecular flexibility index (Phi) is 13.0. The molecule has 4 nitrogen and oxygen atoms in total. The van der Waals surface area contributed by atoms with Gasteiger partial charge in [0.05, 0.1) is 27.9 Å². The number of anilines is 5. The average Bonchev–Trinajstić information content (AvgIpc) is 1.51. The van der Waals surface area contributed by atoms with E-state index in [4.69, 9.17) is 4.42 Å². The van der Waals surface area contributed by atoms with Crippen LogP contribution < -0.4 is 10.2 Å². The highest BCUT2D eigenvalue weighted by Crippen LogP contribution is 2.52. The second-order valence-electron chi connectivity index (χ2n) is 26.2. The first kappa shape index (κ1) is 54.5. The molecule has 0 spiro atoms. The van der Waals surface area contributed by atoms with Crippen molar-refractivity contribution in [1.82, 2.24) is 4.40 Å². The number of furan rings is 1. The van der Waals surface area contributed by atoms with Crippen molar-refractivity contribution in [2.45, 2.75) is 52.4 Å². The van der Waals surface area contributed by atoms with Crippen LogP contribution in [-0.2, 0) is 10.8 Å². The number of benzene rings is 13. The molecular formula is C86H67N3O. The monoisotopic (exact) mass is 1160 g/mol. The first-order valence-corrected chi connectivity index (χ1v) is 31.4. The van der Waals surface area contributed by atoms with Gasteiger partial charge in [-0.2, -0.15) is 0 Å². The summed E-state index contributed by atoms with van der Waals surface area (Å²) in [6, 6.07) is 108. The Morgan fingerprint density at radius 1 is 0.311 bits per heavy atom. The van der Waals surface area contributed by atoms with E-state index >= 15 is 0 Å². The Bertz CT molecular complexity index is 5270. The lowest BCUT2D eigenvalue weighted by Crippen LogP contribution is -2.16. The molecule has 0 saturated heterocycles. The highest BCUT2D eigenvalue weighted by molar-refractivity contribution is 6.23. The molecule has 0 unspecified atom stereocenters. The van der Waals surface area contributed by atoms with Crippen molar-refractivity contribution in [2.24, 2.45) is 0 Å². The number of nitrogens with one attached hydrogen (secondary N) is 1. The summed E-state index contributed by atoms with van der Waals surface area (Å²) >= 11 is 0. The van der Waals surface area contributed by atoms with Crippen LogP contribution in [0.3, 0.4) is 0 Å². The van der Waals surface area contributed by atoms with E-state index in [1.54, 1.807) is 0 Å². The smallest absolute Gasteiger partial charge is 0.135 e. The fourth-order valence-electron chi connectivity index (χ4n) is 13.8. The summed E-state index contributed by atoms with van der Waals surface area (Å²) < 4.78 is 8.88. The topological polar surface area (TPSA) is 32.8 Å². The minimum absolute atomic E-state index is 0.133. The van der Waals surface area contributed by atoms with Crippen LogP contribution in [0.2, 0.25) is 0 Å². The van der Waals surface area contributed by atoms with Crippen LogP contribution in [0.4, 0.5) is 28.4 Å². The summed E-state index contributed by atoms with van der Waals surface area (Å²) in [6.45, 7) is 13.9. The lowest BCUT2D eigenvalue weighted by atomic mass is 9.82. The van der Waals surface area contributed by atoms with Crippen molar-refractivity contribution in [3.63, 3.8) is 0 Å². The fourth-order valence-corrected chi connectivity index (χ4v) is 13.8. The average molecular weight is 1160 g/mol. The number of hydrogen-bond donors (Lipinski definition) is 1. The van der Waals surface area contributed by atoms with Crippen molar-refractivity contribution in [2.75, 3.05) is 10.2 Å². The van der Waals surface area contributed by atoms with Crippen LogP contribution in [0.15, 0.2) is 296 Å². The van der Waals surface area contributed by atoms with Crippen molar-refractivity contribution in [1.29, 1.82) is 0 Å². The number of fused-ring (bicyclic) bond motifs is 9. The van der Waals surface area contributed by atoms with E-state index in [0.29, 0.717) is 0 Å². The van der Waals surface area contributed by atoms with Gasteiger partial charge in [-0.15, -0.1) is 0 Å². The highest BCUT2D eigenvalue weighted by atomic mass is 16.3. The number of para-hydroxylation sites is 3. The zero-order chi connectivity index (χ0) is 60.8. The molecule has 0 aliphatic rings. The van der Waals surface area contributed by atoms with Gasteiger partial charge in [0.1, 0.15) is 11.2 Å². The molecule has 0 amide bonds. The maximum Gasteiger partial charge on any atom is 0.135 e. The molecule has 13 aromatic carbocycles. The van der Waals surface area contributed by atoms with Gasteiger partial charge in [0.15, 0.2) is 0 Å². The van der Waals surface area contributed by atoms with Gasteiger partial charge in [0, 0.05) is 71.6 Å². The third-order valence-corrected chi connectivity index (χ3v) is 18.4. The van der Waals surface area contributed by atoms with E-state index in [1.165, 1.54) is 49.2 Å². The molecule has 3 heterocycles. The number of hydrogen-bond acceptors (Lipinski definition) is 3. The summed E-state index contributed by atoms with van der Waals surface area (Å²) in [6.07, 6.45) is 0. The van der Waals surface area contributed by atoms with Crippen LogP contribution in [0.25, 0.3) is 127 Å². The molecule has 4 heteroatoms. The maximum atomic E-state index is 6.40. The van der Waals surface area contributed by atoms with Gasteiger partial charge in [-0.3, -0.25) is 0 Å². The Morgan fingerprint density at radius 2 is 0.756 bits per heavy atom. The van der Waals surface area contributed by atoms with E-state index in [0.717, 1.165) is 117 Å². The van der Waals surface area contributed by atoms with Gasteiger partial charge in [-0.05, 0) is 157 Å². The third kappa shape index (κ3) is 9.46. The fraction of sp³-hybridized carbons (Fsp3) is 0.0930. The second-order valence-corrected chi connectivity index (χ2v) is 26.2. The summed E-state index contributed by atoms with van der Waals surface area (Å²) in [5.41, 5.74) is 26.2. The Labute approximate surface area is 525 Å². The predicted molar refractivity (Wildman–Crippen MR) is 383 cm³/mol. The summed E-state index contributed by atoms with van der Waals surface area (Å²) in [7, 11) is 0. The van der Waals surface area contributed by atoms with Gasteiger partial charge in [0.2, 0.25) is 0 Å². The van der Waals surface area contributed by atoms with Gasteiger partial charge >= 0.3 is 0 Å². The standard InChI is InChI=1S/C86H67N3O/c1-85(2,3)63-50-72(55-25-11-7-12-26-55)82(73(51-63)56-27-13-8-14-28-56)87-65-45-62(61-41-43-79-76(48-61)71-38-24-37-70-68-35-19-21-39-78(68)89(79)83(70)71)47-67(54-65)88(66-34-23-33-59(46-66)60-42-44-81-77(49-60)69-36-20-22-40-80(69)90-81)84-74(57-29-15-9-16-30-57)52-64(86(4,5)6)53-75(84)58-31-17-10-18-32-58/h7-54,87H,1-6H3. The molecule has 0 saturated carbocycles. The van der Waals surface area contributed by atoms with E-state index in [-0.39, 0.29) is 10.8 Å². The maximum absolute atomic E-state index is 6.40. The second kappa shape index (κ2) is 21.4. The molecule has 432 valence electrons. The number of nitrogens with zero attached hydrogens (tertiary/aromatic N) is 2. The van der Waals surface area contributed by atoms with Crippen molar-refractivity contribution >= 4 is 88.5 Å². The van der Waals surface area contributed by atoms with Gasteiger partial charge < -0.3 is 19.0 Å². The van der Waals surface area contributed by atoms with Gasteiger partial charge in [-0.25, -0.2) is 0 Å². The molecule has 90 heavy (non-hydrogen) atoms. The third-order valence-electron chi connectivity index (χ3n) is 18.4. The molecule has 0 atom stereocenters. The first-order chi connectivity index (χ1) is 43.9. The normalized spacial score (nSPS) is 12.1. The van der Waals surface area contributed by atoms with Crippen molar-refractivity contribution < 1.29 is 4.42 Å². The van der Waals surface area contributed by atoms with Crippen LogP contribution >= 0.6 is 0 Å². The van der Waals surface area contributed by atoms with Crippen molar-refractivity contribution in [3.8, 4) is 66.8 Å². The highest BCUT2D eigenvalue weighted by Gasteiger charge is 2.29. The quantitative estimate of drug-likeness (QED) is 0.140. The Balaban J connectivity index is 1.01. The van der Waals surface area contributed by atoms with Crippen LogP contribution in [0.1, 0.15) is 52.7 Å². The van der Waals surface area contributed by atoms with Gasteiger partial charge in [0.25, 0.3) is 0 Å². The van der Waals surface area contributed by atoms with E-state index in [1.807, 2.05) is 6.07 Å². The van der Waals surface area contributed by atoms with Crippen molar-refractivity contribution in [3.05, 3.63) is 302 Å². The molecular weight excluding hydrogens is 1090 g/mol. The lowest BCUT2D eigenvalue weighted by molar-refractivity contribution is 0.590. The molecule has 16 aromatic rings. The predicted octanol–water partition coefficient (Wildman–Crippen LogP) is 24.5. The molecule has 0 radical (unpaired) electrons. The van der Waals surface area contributed by atoms with E-state index < -0.39 is 0 Å². The van der Waals surface area contributed by atoms with Crippen LogP contribution in [0.5, 0.6) is 0 Å².